The van der Waals surface area contributed by atoms with Gasteiger partial charge < -0.3 is 0 Å². The fraction of sp³-hybridized carbons (Fsp3) is 0.500. The van der Waals surface area contributed by atoms with E-state index in [1.807, 2.05) is 0 Å². The lowest BCUT2D eigenvalue weighted by atomic mass is 9.74. The normalized spacial score (nSPS) is 22.1. The van der Waals surface area contributed by atoms with Gasteiger partial charge in [-0.05, 0) is 30.7 Å². The quantitative estimate of drug-likeness (QED) is 0.328. The Kier molecular flexibility index (Phi) is 5.87. The predicted octanol–water partition coefficient (Wildman–Crippen LogP) is 4.79. The average Bonchev–Trinajstić information content (AvgIpc) is 2.52. The van der Waals surface area contributed by atoms with Crippen molar-refractivity contribution in [1.29, 1.82) is 0 Å². The van der Waals surface area contributed by atoms with Crippen LogP contribution in [0.2, 0.25) is 0 Å². The van der Waals surface area contributed by atoms with Crippen molar-refractivity contribution in [3.63, 3.8) is 0 Å². The zero-order valence-electron chi connectivity index (χ0n) is 13.0. The molecular weight excluding hydrogens is 278 g/mol. The molecule has 2 rings (SSSR count). The molecule has 1 saturated carbocycles. The second-order valence-electron chi connectivity index (χ2n) is 5.92. The first-order chi connectivity index (χ1) is 10.6. The van der Waals surface area contributed by atoms with Gasteiger partial charge in [-0.3, -0.25) is 14.9 Å². The number of rotatable bonds is 6. The molecule has 1 aliphatic rings. The van der Waals surface area contributed by atoms with Gasteiger partial charge in [-0.1, -0.05) is 44.1 Å². The molecule has 0 N–H and O–H groups in total. The van der Waals surface area contributed by atoms with E-state index in [1.54, 1.807) is 12.1 Å². The van der Waals surface area contributed by atoms with Crippen LogP contribution < -0.4 is 0 Å². The van der Waals surface area contributed by atoms with Gasteiger partial charge in [-0.15, -0.1) is 0 Å². The second kappa shape index (κ2) is 7.87. The predicted molar refractivity (Wildman–Crippen MR) is 86.9 cm³/mol. The summed E-state index contributed by atoms with van der Waals surface area (Å²) in [4.78, 5) is 22.7. The number of ketones is 1. The third-order valence-electron chi connectivity index (χ3n) is 4.31. The van der Waals surface area contributed by atoms with E-state index in [0.29, 0.717) is 6.42 Å². The lowest BCUT2D eigenvalue weighted by molar-refractivity contribution is -0.384. The summed E-state index contributed by atoms with van der Waals surface area (Å²) < 4.78 is 0. The van der Waals surface area contributed by atoms with Crippen LogP contribution in [-0.4, -0.2) is 10.7 Å². The van der Waals surface area contributed by atoms with Gasteiger partial charge in [0.05, 0.1) is 4.92 Å². The highest BCUT2D eigenvalue weighted by Crippen LogP contribution is 2.37. The molecule has 0 unspecified atom stereocenters. The minimum Gasteiger partial charge on any atom is -0.299 e. The molecule has 1 aliphatic carbocycles. The van der Waals surface area contributed by atoms with Gasteiger partial charge in [0.1, 0.15) is 5.78 Å². The van der Waals surface area contributed by atoms with Gasteiger partial charge in [0, 0.05) is 24.5 Å². The minimum absolute atomic E-state index is 0.0713. The summed E-state index contributed by atoms with van der Waals surface area (Å²) in [6, 6.07) is 6.46. The number of hydrogen-bond donors (Lipinski definition) is 0. The highest BCUT2D eigenvalue weighted by atomic mass is 16.6. The van der Waals surface area contributed by atoms with E-state index in [4.69, 9.17) is 0 Å². The number of allylic oxidation sites excluding steroid dienone is 2. The summed E-state index contributed by atoms with van der Waals surface area (Å²) in [6.45, 7) is 2.16. The zero-order chi connectivity index (χ0) is 15.9. The van der Waals surface area contributed by atoms with Crippen molar-refractivity contribution in [3.8, 4) is 0 Å². The molecule has 0 saturated heterocycles. The lowest BCUT2D eigenvalue weighted by Gasteiger charge is -2.28. The summed E-state index contributed by atoms with van der Waals surface area (Å²) in [7, 11) is 0. The Balaban J connectivity index is 2.17. The van der Waals surface area contributed by atoms with E-state index in [1.165, 1.54) is 25.0 Å². The number of benzene rings is 1. The SMILES string of the molecule is CCCC/C=C/[C@@H]1CCCC(=O)[C@H]1c1ccc([N+](=O)[O-])cc1. The zero-order valence-corrected chi connectivity index (χ0v) is 13.0. The summed E-state index contributed by atoms with van der Waals surface area (Å²) in [5, 5.41) is 10.7. The molecule has 0 aliphatic heterocycles. The number of Topliss-reactive ketones (excluding diaryl/α,β-unsaturated/α-hetero) is 1. The van der Waals surface area contributed by atoms with E-state index in [0.717, 1.165) is 24.8 Å². The van der Waals surface area contributed by atoms with E-state index in [2.05, 4.69) is 19.1 Å². The molecule has 0 heterocycles. The smallest absolute Gasteiger partial charge is 0.269 e. The fourth-order valence-corrected chi connectivity index (χ4v) is 3.11. The first-order valence-electron chi connectivity index (χ1n) is 8.07. The number of unbranched alkanes of at least 4 members (excludes halogenated alkanes) is 2. The maximum absolute atomic E-state index is 12.3. The van der Waals surface area contributed by atoms with Crippen molar-refractivity contribution in [2.75, 3.05) is 0 Å². The summed E-state index contributed by atoms with van der Waals surface area (Å²) in [5.74, 6) is 0.331. The number of non-ortho nitro benzene ring substituents is 1. The molecule has 0 amide bonds. The molecule has 1 aromatic carbocycles. The molecule has 0 radical (unpaired) electrons. The van der Waals surface area contributed by atoms with Crippen LogP contribution in [0.4, 0.5) is 5.69 Å². The topological polar surface area (TPSA) is 60.2 Å². The van der Waals surface area contributed by atoms with Crippen LogP contribution in [-0.2, 0) is 4.79 Å². The Hall–Kier alpha value is -1.97. The van der Waals surface area contributed by atoms with Crippen molar-refractivity contribution in [3.05, 3.63) is 52.1 Å². The van der Waals surface area contributed by atoms with E-state index in [-0.39, 0.29) is 23.3 Å². The van der Waals surface area contributed by atoms with Crippen LogP contribution in [0.5, 0.6) is 0 Å². The molecule has 0 spiro atoms. The third-order valence-corrected chi connectivity index (χ3v) is 4.31. The van der Waals surface area contributed by atoms with Crippen molar-refractivity contribution in [1.82, 2.24) is 0 Å². The van der Waals surface area contributed by atoms with E-state index >= 15 is 0 Å². The number of hydrogen-bond acceptors (Lipinski definition) is 3. The standard InChI is InChI=1S/C18H23NO3/c1-2-3-4-5-7-14-8-6-9-17(20)18(14)15-10-12-16(13-11-15)19(21)22/h5,7,10-14,18H,2-4,6,8-9H2,1H3/b7-5+/t14-,18-/m1/s1. The summed E-state index contributed by atoms with van der Waals surface area (Å²) in [5.41, 5.74) is 0.975. The monoisotopic (exact) mass is 301 g/mol. The lowest BCUT2D eigenvalue weighted by Crippen LogP contribution is -2.25. The molecule has 0 bridgehead atoms. The van der Waals surface area contributed by atoms with Gasteiger partial charge >= 0.3 is 0 Å². The van der Waals surface area contributed by atoms with Gasteiger partial charge in [0.2, 0.25) is 0 Å². The number of nitro groups is 1. The second-order valence-corrected chi connectivity index (χ2v) is 5.92. The highest BCUT2D eigenvalue weighted by Gasteiger charge is 2.31. The Labute approximate surface area is 131 Å². The third kappa shape index (κ3) is 4.03. The maximum atomic E-state index is 12.3. The van der Waals surface area contributed by atoms with Crippen molar-refractivity contribution >= 4 is 11.5 Å². The Bertz CT molecular complexity index is 548. The highest BCUT2D eigenvalue weighted by molar-refractivity contribution is 5.87. The van der Waals surface area contributed by atoms with Crippen LogP contribution in [0.3, 0.4) is 0 Å². The van der Waals surface area contributed by atoms with Gasteiger partial charge in [-0.25, -0.2) is 0 Å². The Morgan fingerprint density at radius 1 is 1.32 bits per heavy atom. The molecule has 22 heavy (non-hydrogen) atoms. The number of nitro benzene ring substituents is 1. The Morgan fingerprint density at radius 2 is 2.05 bits per heavy atom. The molecule has 2 atom stereocenters. The van der Waals surface area contributed by atoms with Crippen LogP contribution in [0, 0.1) is 16.0 Å². The fourth-order valence-electron chi connectivity index (χ4n) is 3.11. The van der Waals surface area contributed by atoms with Gasteiger partial charge in [0.15, 0.2) is 0 Å². The molecule has 118 valence electrons. The summed E-state index contributed by atoms with van der Waals surface area (Å²) in [6.07, 6.45) is 10.3. The first-order valence-corrected chi connectivity index (χ1v) is 8.07. The van der Waals surface area contributed by atoms with Crippen LogP contribution in [0.1, 0.15) is 56.9 Å². The first kappa shape index (κ1) is 16.4. The molecular formula is C18H23NO3. The van der Waals surface area contributed by atoms with Crippen molar-refractivity contribution < 1.29 is 9.72 Å². The molecule has 4 nitrogen and oxygen atoms in total. The van der Waals surface area contributed by atoms with Crippen LogP contribution in [0.25, 0.3) is 0 Å². The Morgan fingerprint density at radius 3 is 2.68 bits per heavy atom. The van der Waals surface area contributed by atoms with E-state index < -0.39 is 4.92 Å². The molecule has 1 aromatic rings. The van der Waals surface area contributed by atoms with Crippen LogP contribution >= 0.6 is 0 Å². The van der Waals surface area contributed by atoms with Gasteiger partial charge in [-0.2, -0.15) is 0 Å². The van der Waals surface area contributed by atoms with Crippen molar-refractivity contribution in [2.24, 2.45) is 5.92 Å². The minimum atomic E-state index is -0.408. The molecule has 1 fully saturated rings. The number of carbonyl (C=O) groups is 1. The number of nitrogens with zero attached hydrogens (tertiary/aromatic N) is 1. The molecule has 0 aromatic heterocycles. The summed E-state index contributed by atoms with van der Waals surface area (Å²) >= 11 is 0. The maximum Gasteiger partial charge on any atom is 0.269 e. The average molecular weight is 301 g/mol. The van der Waals surface area contributed by atoms with E-state index in [9.17, 15) is 14.9 Å². The van der Waals surface area contributed by atoms with Gasteiger partial charge in [0.25, 0.3) is 5.69 Å². The number of carbonyl (C=O) groups excluding carboxylic acids is 1. The van der Waals surface area contributed by atoms with Crippen molar-refractivity contribution in [2.45, 2.75) is 51.4 Å². The largest absolute Gasteiger partial charge is 0.299 e. The van der Waals surface area contributed by atoms with Crippen LogP contribution in [0.15, 0.2) is 36.4 Å². The molecule has 4 heteroatoms.